The van der Waals surface area contributed by atoms with Gasteiger partial charge in [-0.25, -0.2) is 9.97 Å². The second-order valence-corrected chi connectivity index (χ2v) is 7.40. The van der Waals surface area contributed by atoms with E-state index in [0.717, 1.165) is 35.6 Å². The number of para-hydroxylation sites is 1. The van der Waals surface area contributed by atoms with E-state index in [2.05, 4.69) is 32.3 Å². The second-order valence-electron chi connectivity index (χ2n) is 7.40. The maximum Gasteiger partial charge on any atom is 0.353 e. The molecule has 4 rings (SSSR count). The van der Waals surface area contributed by atoms with E-state index >= 15 is 0 Å². The van der Waals surface area contributed by atoms with Gasteiger partial charge in [0.15, 0.2) is 0 Å². The molecule has 3 aromatic rings. The highest BCUT2D eigenvalue weighted by atomic mass is 16.6. The van der Waals surface area contributed by atoms with Crippen molar-refractivity contribution in [3.63, 3.8) is 0 Å². The second kappa shape index (κ2) is 8.36. The molecule has 1 fully saturated rings. The molecule has 1 N–H and O–H groups in total. The van der Waals surface area contributed by atoms with E-state index in [1.807, 2.05) is 55.1 Å². The molecular formula is C22H24N6O2. The van der Waals surface area contributed by atoms with E-state index in [4.69, 9.17) is 0 Å². The maximum atomic E-state index is 11.9. The molecule has 0 saturated carbocycles. The summed E-state index contributed by atoms with van der Waals surface area (Å²) in [6.07, 6.45) is 1.39. The standard InChI is InChI=1S/C22H24N6O2/c1-16-8-9-19(17(2)14-16)25-21-20(28(29)30)22(24-15-23-21)27-12-10-26(11-13-27)18-6-4-3-5-7-18/h3-9,14-15H,10-13H2,1-2H3,(H,23,24,25). The minimum absolute atomic E-state index is 0.0920. The van der Waals surface area contributed by atoms with Crippen LogP contribution < -0.4 is 15.1 Å². The van der Waals surface area contributed by atoms with Crippen LogP contribution in [-0.4, -0.2) is 41.1 Å². The molecule has 0 amide bonds. The monoisotopic (exact) mass is 404 g/mol. The van der Waals surface area contributed by atoms with Crippen molar-refractivity contribution < 1.29 is 4.92 Å². The molecule has 0 bridgehead atoms. The molecule has 0 aliphatic carbocycles. The molecule has 1 aliphatic rings. The minimum atomic E-state index is -0.398. The lowest BCUT2D eigenvalue weighted by Gasteiger charge is -2.36. The Morgan fingerprint density at radius 1 is 0.967 bits per heavy atom. The molecule has 0 unspecified atom stereocenters. The zero-order valence-electron chi connectivity index (χ0n) is 17.1. The number of hydrogen-bond acceptors (Lipinski definition) is 7. The van der Waals surface area contributed by atoms with Crippen molar-refractivity contribution >= 4 is 28.7 Å². The fourth-order valence-electron chi connectivity index (χ4n) is 3.76. The van der Waals surface area contributed by atoms with Gasteiger partial charge in [-0.2, -0.15) is 0 Å². The summed E-state index contributed by atoms with van der Waals surface area (Å²) < 4.78 is 0. The molecule has 0 radical (unpaired) electrons. The van der Waals surface area contributed by atoms with Gasteiger partial charge in [0.2, 0.25) is 11.6 Å². The quantitative estimate of drug-likeness (QED) is 0.506. The summed E-state index contributed by atoms with van der Waals surface area (Å²) in [4.78, 5) is 24.2. The molecule has 1 aromatic heterocycles. The van der Waals surface area contributed by atoms with Gasteiger partial charge in [0, 0.05) is 37.6 Å². The number of nitrogens with zero attached hydrogens (tertiary/aromatic N) is 5. The normalized spacial score (nSPS) is 13.9. The Morgan fingerprint density at radius 2 is 1.67 bits per heavy atom. The molecule has 1 aliphatic heterocycles. The number of piperazine rings is 1. The molecular weight excluding hydrogens is 380 g/mol. The van der Waals surface area contributed by atoms with Crippen molar-refractivity contribution in [2.45, 2.75) is 13.8 Å². The molecule has 154 valence electrons. The zero-order chi connectivity index (χ0) is 21.1. The van der Waals surface area contributed by atoms with Crippen molar-refractivity contribution in [1.29, 1.82) is 0 Å². The van der Waals surface area contributed by atoms with Crippen LogP contribution in [0.25, 0.3) is 0 Å². The number of benzene rings is 2. The Labute approximate surface area is 175 Å². The first-order chi connectivity index (χ1) is 14.5. The summed E-state index contributed by atoms with van der Waals surface area (Å²) in [5, 5.41) is 15.1. The third kappa shape index (κ3) is 4.03. The summed E-state index contributed by atoms with van der Waals surface area (Å²) in [5.74, 6) is 0.567. The molecule has 0 atom stereocenters. The van der Waals surface area contributed by atoms with Gasteiger partial charge in [0.25, 0.3) is 0 Å². The van der Waals surface area contributed by atoms with Gasteiger partial charge in [-0.05, 0) is 37.6 Å². The first-order valence-corrected chi connectivity index (χ1v) is 9.91. The number of aromatic nitrogens is 2. The van der Waals surface area contributed by atoms with Crippen molar-refractivity contribution in [2.24, 2.45) is 0 Å². The number of nitrogens with one attached hydrogen (secondary N) is 1. The Hall–Kier alpha value is -3.68. The SMILES string of the molecule is Cc1ccc(Nc2ncnc(N3CCN(c4ccccc4)CC3)c2[N+](=O)[O-])c(C)c1. The van der Waals surface area contributed by atoms with Crippen LogP contribution in [0.2, 0.25) is 0 Å². The molecule has 30 heavy (non-hydrogen) atoms. The highest BCUT2D eigenvalue weighted by Crippen LogP contribution is 2.35. The van der Waals surface area contributed by atoms with Crippen LogP contribution in [0, 0.1) is 24.0 Å². The van der Waals surface area contributed by atoms with Crippen LogP contribution >= 0.6 is 0 Å². The summed E-state index contributed by atoms with van der Waals surface area (Å²) in [7, 11) is 0. The molecule has 8 heteroatoms. The van der Waals surface area contributed by atoms with Gasteiger partial charge in [-0.1, -0.05) is 35.9 Å². The maximum absolute atomic E-state index is 11.9. The fourth-order valence-corrected chi connectivity index (χ4v) is 3.76. The van der Waals surface area contributed by atoms with Crippen LogP contribution in [0.1, 0.15) is 11.1 Å². The first kappa shape index (κ1) is 19.6. The van der Waals surface area contributed by atoms with E-state index in [0.29, 0.717) is 18.9 Å². The van der Waals surface area contributed by atoms with Gasteiger partial charge in [0.1, 0.15) is 6.33 Å². The molecule has 1 saturated heterocycles. The number of hydrogen-bond donors (Lipinski definition) is 1. The van der Waals surface area contributed by atoms with E-state index in [9.17, 15) is 10.1 Å². The van der Waals surface area contributed by atoms with E-state index in [1.165, 1.54) is 6.33 Å². The van der Waals surface area contributed by atoms with E-state index < -0.39 is 4.92 Å². The van der Waals surface area contributed by atoms with Crippen LogP contribution in [0.15, 0.2) is 54.9 Å². The van der Waals surface area contributed by atoms with E-state index in [1.54, 1.807) is 0 Å². The van der Waals surface area contributed by atoms with Crippen molar-refractivity contribution in [2.75, 3.05) is 41.3 Å². The molecule has 2 heterocycles. The van der Waals surface area contributed by atoms with E-state index in [-0.39, 0.29) is 11.5 Å². The van der Waals surface area contributed by atoms with Gasteiger partial charge in [0.05, 0.1) is 4.92 Å². The van der Waals surface area contributed by atoms with Crippen LogP contribution in [0.4, 0.5) is 28.7 Å². The largest absolute Gasteiger partial charge is 0.368 e. The van der Waals surface area contributed by atoms with Gasteiger partial charge >= 0.3 is 5.69 Å². The zero-order valence-corrected chi connectivity index (χ0v) is 17.1. The summed E-state index contributed by atoms with van der Waals surface area (Å²) in [5.41, 5.74) is 3.99. The van der Waals surface area contributed by atoms with Crippen molar-refractivity contribution in [1.82, 2.24) is 9.97 Å². The summed E-state index contributed by atoms with van der Waals surface area (Å²) >= 11 is 0. The number of aryl methyl sites for hydroxylation is 2. The number of rotatable bonds is 5. The Bertz CT molecular complexity index is 1050. The smallest absolute Gasteiger partial charge is 0.353 e. The van der Waals surface area contributed by atoms with Gasteiger partial charge < -0.3 is 15.1 Å². The van der Waals surface area contributed by atoms with Crippen molar-refractivity contribution in [3.05, 3.63) is 76.1 Å². The van der Waals surface area contributed by atoms with Crippen molar-refractivity contribution in [3.8, 4) is 0 Å². The Kier molecular flexibility index (Phi) is 5.47. The number of nitro groups is 1. The lowest BCUT2D eigenvalue weighted by molar-refractivity contribution is -0.383. The molecule has 2 aromatic carbocycles. The fraction of sp³-hybridized carbons (Fsp3) is 0.273. The van der Waals surface area contributed by atoms with Crippen LogP contribution in [-0.2, 0) is 0 Å². The topological polar surface area (TPSA) is 87.4 Å². The van der Waals surface area contributed by atoms with Crippen LogP contribution in [0.5, 0.6) is 0 Å². The Balaban J connectivity index is 1.58. The minimum Gasteiger partial charge on any atom is -0.368 e. The van der Waals surface area contributed by atoms with Crippen LogP contribution in [0.3, 0.4) is 0 Å². The average Bonchev–Trinajstić information content (AvgIpc) is 2.76. The summed E-state index contributed by atoms with van der Waals surface area (Å²) in [6.45, 7) is 6.81. The van der Waals surface area contributed by atoms with Gasteiger partial charge in [-0.15, -0.1) is 0 Å². The third-order valence-electron chi connectivity index (χ3n) is 5.32. The third-order valence-corrected chi connectivity index (χ3v) is 5.32. The number of anilines is 4. The highest BCUT2D eigenvalue weighted by molar-refractivity contribution is 5.75. The highest BCUT2D eigenvalue weighted by Gasteiger charge is 2.29. The van der Waals surface area contributed by atoms with Gasteiger partial charge in [-0.3, -0.25) is 10.1 Å². The average molecular weight is 404 g/mol. The molecule has 8 nitrogen and oxygen atoms in total. The summed E-state index contributed by atoms with van der Waals surface area (Å²) in [6, 6.07) is 16.1. The lowest BCUT2D eigenvalue weighted by Crippen LogP contribution is -2.47. The first-order valence-electron chi connectivity index (χ1n) is 9.91. The predicted molar refractivity (Wildman–Crippen MR) is 119 cm³/mol. The Morgan fingerprint density at radius 3 is 2.33 bits per heavy atom. The predicted octanol–water partition coefficient (Wildman–Crippen LogP) is 4.07. The molecule has 0 spiro atoms. The lowest BCUT2D eigenvalue weighted by atomic mass is 10.1.